The van der Waals surface area contributed by atoms with Crippen LogP contribution in [0, 0.1) is 5.92 Å². The van der Waals surface area contributed by atoms with E-state index in [0.29, 0.717) is 12.5 Å². The highest BCUT2D eigenvalue weighted by Crippen LogP contribution is 2.22. The van der Waals surface area contributed by atoms with Crippen LogP contribution in [0.1, 0.15) is 18.4 Å². The van der Waals surface area contributed by atoms with E-state index in [2.05, 4.69) is 11.4 Å². The summed E-state index contributed by atoms with van der Waals surface area (Å²) in [6, 6.07) is 8.26. The third-order valence-corrected chi connectivity index (χ3v) is 4.02. The number of piperidine rings is 1. The van der Waals surface area contributed by atoms with Crippen LogP contribution in [-0.2, 0) is 11.2 Å². The van der Waals surface area contributed by atoms with Gasteiger partial charge < -0.3 is 10.1 Å². The molecule has 1 fully saturated rings. The summed E-state index contributed by atoms with van der Waals surface area (Å²) in [5.74, 6) is 1.50. The van der Waals surface area contributed by atoms with Crippen LogP contribution in [0.2, 0.25) is 5.02 Å². The first-order chi connectivity index (χ1) is 9.31. The zero-order chi connectivity index (χ0) is 13.1. The molecule has 19 heavy (non-hydrogen) atoms. The summed E-state index contributed by atoms with van der Waals surface area (Å²) in [6.07, 6.45) is 3.19. The molecule has 4 heteroatoms. The third kappa shape index (κ3) is 3.28. The summed E-state index contributed by atoms with van der Waals surface area (Å²) in [5.41, 5.74) is 1.23. The van der Waals surface area contributed by atoms with E-state index < -0.39 is 0 Å². The lowest BCUT2D eigenvalue weighted by molar-refractivity contribution is 0.284. The highest BCUT2D eigenvalue weighted by atomic mass is 35.5. The van der Waals surface area contributed by atoms with E-state index in [1.807, 2.05) is 18.2 Å². The molecule has 0 aromatic heterocycles. The number of rotatable bonds is 3. The molecule has 1 unspecified atom stereocenters. The largest absolute Gasteiger partial charge is 0.478 e. The van der Waals surface area contributed by atoms with Crippen LogP contribution in [0.5, 0.6) is 0 Å². The van der Waals surface area contributed by atoms with Crippen LogP contribution in [-0.4, -0.2) is 31.6 Å². The van der Waals surface area contributed by atoms with E-state index in [9.17, 15) is 0 Å². The highest BCUT2D eigenvalue weighted by Gasteiger charge is 2.27. The van der Waals surface area contributed by atoms with Crippen LogP contribution in [0.15, 0.2) is 29.3 Å². The van der Waals surface area contributed by atoms with E-state index in [4.69, 9.17) is 21.3 Å². The van der Waals surface area contributed by atoms with Gasteiger partial charge in [-0.2, -0.15) is 0 Å². The Balaban J connectivity index is 1.62. The van der Waals surface area contributed by atoms with Gasteiger partial charge in [-0.25, -0.2) is 4.99 Å². The molecule has 3 rings (SSSR count). The molecular weight excluding hydrogens is 260 g/mol. The molecule has 3 nitrogen and oxygen atoms in total. The van der Waals surface area contributed by atoms with E-state index in [1.54, 1.807) is 0 Å². The van der Waals surface area contributed by atoms with Gasteiger partial charge in [0.15, 0.2) is 5.90 Å². The van der Waals surface area contributed by atoms with Gasteiger partial charge in [-0.1, -0.05) is 23.7 Å². The maximum Gasteiger partial charge on any atom is 0.186 e. The van der Waals surface area contributed by atoms with Crippen LogP contribution in [0.3, 0.4) is 0 Å². The Labute approximate surface area is 119 Å². The van der Waals surface area contributed by atoms with Gasteiger partial charge >= 0.3 is 0 Å². The van der Waals surface area contributed by atoms with Crippen molar-refractivity contribution in [3.8, 4) is 0 Å². The maximum absolute atomic E-state index is 6.01. The van der Waals surface area contributed by atoms with E-state index in [-0.39, 0.29) is 6.04 Å². The molecule has 102 valence electrons. The first-order valence-corrected chi connectivity index (χ1v) is 7.35. The number of benzene rings is 1. The van der Waals surface area contributed by atoms with E-state index in [1.165, 1.54) is 5.56 Å². The monoisotopic (exact) mass is 278 g/mol. The molecule has 0 aliphatic carbocycles. The van der Waals surface area contributed by atoms with Gasteiger partial charge in [-0.15, -0.1) is 0 Å². The molecule has 1 aromatic carbocycles. The molecule has 0 saturated carbocycles. The van der Waals surface area contributed by atoms with Crippen molar-refractivity contribution in [1.29, 1.82) is 0 Å². The number of halogens is 1. The zero-order valence-corrected chi connectivity index (χ0v) is 11.7. The lowest BCUT2D eigenvalue weighted by atomic mass is 9.98. The molecule has 0 spiro atoms. The second kappa shape index (κ2) is 5.93. The Hall–Kier alpha value is -1.06. The first kappa shape index (κ1) is 12.9. The summed E-state index contributed by atoms with van der Waals surface area (Å²) in [7, 11) is 0. The van der Waals surface area contributed by atoms with Gasteiger partial charge in [-0.3, -0.25) is 0 Å². The van der Waals surface area contributed by atoms with Gasteiger partial charge in [0.1, 0.15) is 6.61 Å². The van der Waals surface area contributed by atoms with E-state index >= 15 is 0 Å². The van der Waals surface area contributed by atoms with Crippen LogP contribution in [0.4, 0.5) is 0 Å². The van der Waals surface area contributed by atoms with E-state index in [0.717, 1.165) is 43.3 Å². The molecule has 2 aliphatic heterocycles. The van der Waals surface area contributed by atoms with Crippen molar-refractivity contribution >= 4 is 17.5 Å². The normalized spacial score (nSPS) is 24.1. The van der Waals surface area contributed by atoms with Crippen molar-refractivity contribution in [2.24, 2.45) is 10.9 Å². The highest BCUT2D eigenvalue weighted by molar-refractivity contribution is 6.30. The minimum atomic E-state index is 0.253. The molecule has 0 bridgehead atoms. The number of hydrogen-bond donors (Lipinski definition) is 1. The average molecular weight is 279 g/mol. The van der Waals surface area contributed by atoms with Crippen molar-refractivity contribution in [3.63, 3.8) is 0 Å². The summed E-state index contributed by atoms with van der Waals surface area (Å²) in [5, 5.41) is 4.16. The second-order valence-corrected chi connectivity index (χ2v) is 5.73. The summed E-state index contributed by atoms with van der Waals surface area (Å²) in [4.78, 5) is 4.76. The van der Waals surface area contributed by atoms with Crippen molar-refractivity contribution < 1.29 is 4.74 Å². The molecule has 2 heterocycles. The lowest BCUT2D eigenvalue weighted by Crippen LogP contribution is -2.31. The van der Waals surface area contributed by atoms with Crippen LogP contribution >= 0.6 is 11.6 Å². The van der Waals surface area contributed by atoms with Gasteiger partial charge in [0.25, 0.3) is 0 Å². The lowest BCUT2D eigenvalue weighted by Gasteiger charge is -2.21. The Morgan fingerprint density at radius 1 is 1.32 bits per heavy atom. The third-order valence-electron chi connectivity index (χ3n) is 3.78. The standard InChI is InChI=1S/C15H19ClN2O/c16-13-3-1-2-11(8-13)9-14-10-19-15(18-14)12-4-6-17-7-5-12/h1-3,8,12,14,17H,4-7,9-10H2. The summed E-state index contributed by atoms with van der Waals surface area (Å²) >= 11 is 6.01. The van der Waals surface area contributed by atoms with Gasteiger partial charge in [0.2, 0.25) is 0 Å². The average Bonchev–Trinajstić information content (AvgIpc) is 2.88. The predicted molar refractivity (Wildman–Crippen MR) is 77.9 cm³/mol. The smallest absolute Gasteiger partial charge is 0.186 e. The fourth-order valence-corrected chi connectivity index (χ4v) is 2.98. The molecular formula is C15H19ClN2O. The second-order valence-electron chi connectivity index (χ2n) is 5.29. The fraction of sp³-hybridized carbons (Fsp3) is 0.533. The Morgan fingerprint density at radius 3 is 2.95 bits per heavy atom. The van der Waals surface area contributed by atoms with Crippen molar-refractivity contribution in [1.82, 2.24) is 5.32 Å². The number of hydrogen-bond acceptors (Lipinski definition) is 3. The molecule has 0 radical (unpaired) electrons. The number of ether oxygens (including phenoxy) is 1. The SMILES string of the molecule is Clc1cccc(CC2COC(C3CCNCC3)=N2)c1. The minimum Gasteiger partial charge on any atom is -0.478 e. The molecule has 1 N–H and O–H groups in total. The van der Waals surface area contributed by atoms with Crippen molar-refractivity contribution in [2.75, 3.05) is 19.7 Å². The summed E-state index contributed by atoms with van der Waals surface area (Å²) in [6.45, 7) is 2.86. The minimum absolute atomic E-state index is 0.253. The van der Waals surface area contributed by atoms with Gasteiger partial charge in [0, 0.05) is 10.9 Å². The Morgan fingerprint density at radius 2 is 2.16 bits per heavy atom. The quantitative estimate of drug-likeness (QED) is 0.922. The number of nitrogens with zero attached hydrogens (tertiary/aromatic N) is 1. The van der Waals surface area contributed by atoms with Gasteiger partial charge in [-0.05, 0) is 50.0 Å². The number of nitrogens with one attached hydrogen (secondary N) is 1. The maximum atomic E-state index is 6.01. The van der Waals surface area contributed by atoms with Crippen molar-refractivity contribution in [3.05, 3.63) is 34.9 Å². The van der Waals surface area contributed by atoms with Crippen molar-refractivity contribution in [2.45, 2.75) is 25.3 Å². The molecule has 1 aromatic rings. The Bertz CT molecular complexity index is 469. The predicted octanol–water partition coefficient (Wildman–Crippen LogP) is 2.68. The molecule has 1 saturated heterocycles. The summed E-state index contributed by atoms with van der Waals surface area (Å²) < 4.78 is 5.80. The van der Waals surface area contributed by atoms with Crippen LogP contribution < -0.4 is 5.32 Å². The zero-order valence-electron chi connectivity index (χ0n) is 10.9. The fourth-order valence-electron chi connectivity index (χ4n) is 2.77. The topological polar surface area (TPSA) is 33.6 Å². The van der Waals surface area contributed by atoms with Gasteiger partial charge in [0.05, 0.1) is 6.04 Å². The molecule has 0 amide bonds. The molecule has 2 aliphatic rings. The number of aliphatic imine (C=N–C) groups is 1. The molecule has 1 atom stereocenters. The Kier molecular flexibility index (Phi) is 4.04. The first-order valence-electron chi connectivity index (χ1n) is 6.97. The van der Waals surface area contributed by atoms with Crippen LogP contribution in [0.25, 0.3) is 0 Å².